The predicted octanol–water partition coefficient (Wildman–Crippen LogP) is -3.17. The summed E-state index contributed by atoms with van der Waals surface area (Å²) in [6, 6.07) is 0. The van der Waals surface area contributed by atoms with E-state index in [-0.39, 0.29) is 194 Å². The van der Waals surface area contributed by atoms with Crippen LogP contribution in [0.4, 0.5) is 0 Å². The SMILES string of the molecule is Cl.Cl.Cl.O=S(=O)(O)O.[KH].[MgH2].[MgH2].[NaH].[NaH]. The van der Waals surface area contributed by atoms with Gasteiger partial charge in [-0.05, 0) is 0 Å². The van der Waals surface area contributed by atoms with Gasteiger partial charge in [-0.15, -0.1) is 37.2 Å². The van der Waals surface area contributed by atoms with Crippen LogP contribution in [0.1, 0.15) is 0 Å². The maximum absolute atomic E-state index is 8.74. The van der Waals surface area contributed by atoms with Crippen molar-refractivity contribution in [2.24, 2.45) is 0 Å². The van der Waals surface area contributed by atoms with E-state index < -0.39 is 10.4 Å². The van der Waals surface area contributed by atoms with Gasteiger partial charge in [-0.2, -0.15) is 8.42 Å². The van der Waals surface area contributed by atoms with Crippen molar-refractivity contribution in [3.63, 3.8) is 0 Å². The van der Waals surface area contributed by atoms with E-state index in [9.17, 15) is 0 Å². The Morgan fingerprint density at radius 3 is 0.769 bits per heavy atom. The predicted molar refractivity (Wildman–Crippen MR) is 74.5 cm³/mol. The Bertz CT molecular complexity index is 115. The average molecular weight is 348 g/mol. The Morgan fingerprint density at radius 1 is 0.769 bits per heavy atom. The molecule has 0 aromatic heterocycles. The molecule has 0 bridgehead atoms. The molecule has 0 amide bonds. The molecule has 0 saturated carbocycles. The Balaban J connectivity index is -0.00000000286. The van der Waals surface area contributed by atoms with Gasteiger partial charge >= 0.3 is 167 Å². The number of hydrogen-bond donors (Lipinski definition) is 2. The van der Waals surface area contributed by atoms with Crippen molar-refractivity contribution in [2.45, 2.75) is 0 Å². The molecule has 0 aromatic carbocycles. The molecule has 2 N–H and O–H groups in total. The van der Waals surface area contributed by atoms with Crippen LogP contribution in [0, 0.1) is 0 Å². The molecule has 0 saturated heterocycles. The summed E-state index contributed by atoms with van der Waals surface area (Å²) in [5, 5.41) is 0. The molecule has 0 unspecified atom stereocenters. The first-order valence-corrected chi connectivity index (χ1v) is 2.10. The third kappa shape index (κ3) is 130. The van der Waals surface area contributed by atoms with Gasteiger partial charge in [0, 0.05) is 0 Å². The standard InChI is InChI=1S/3ClH.K.2Mg.2Na.H2O4S.7H/c;;;;;;;;1-5(2,3)4;;;;;;;/h3*1H;;;;;;(H2,1,2,3,4);;;;;;;. The maximum atomic E-state index is 8.74. The third-order valence-electron chi connectivity index (χ3n) is 0. The topological polar surface area (TPSA) is 74.6 Å². The molecule has 0 aliphatic carbocycles. The zero-order valence-electron chi connectivity index (χ0n) is 3.34. The third-order valence-corrected chi connectivity index (χ3v) is 0. The number of hydrogen-bond acceptors (Lipinski definition) is 2. The molecule has 0 aromatic rings. The first kappa shape index (κ1) is 61.8. The van der Waals surface area contributed by atoms with Crippen LogP contribution in [0.2, 0.25) is 0 Å². The quantitative estimate of drug-likeness (QED) is 0.358. The summed E-state index contributed by atoms with van der Waals surface area (Å²) >= 11 is 0. The van der Waals surface area contributed by atoms with Crippen molar-refractivity contribution in [3.05, 3.63) is 0 Å². The van der Waals surface area contributed by atoms with E-state index >= 15 is 0 Å². The van der Waals surface area contributed by atoms with Gasteiger partial charge in [-0.25, -0.2) is 0 Å². The summed E-state index contributed by atoms with van der Waals surface area (Å²) in [6.07, 6.45) is 0. The van der Waals surface area contributed by atoms with Crippen LogP contribution < -0.4 is 0 Å². The van der Waals surface area contributed by atoms with Crippen LogP contribution in [0.25, 0.3) is 0 Å². The van der Waals surface area contributed by atoms with Crippen LogP contribution in [0.3, 0.4) is 0 Å². The molecule has 0 aliphatic rings. The summed E-state index contributed by atoms with van der Waals surface area (Å²) in [5.74, 6) is 0. The monoisotopic (exact) mass is 346 g/mol. The van der Waals surface area contributed by atoms with Gasteiger partial charge in [0.2, 0.25) is 0 Å². The zero-order valence-corrected chi connectivity index (χ0v) is 6.61. The zero-order chi connectivity index (χ0) is 4.50. The van der Waals surface area contributed by atoms with Gasteiger partial charge in [-0.1, -0.05) is 0 Å². The molecule has 0 spiro atoms. The van der Waals surface area contributed by atoms with E-state index in [2.05, 4.69) is 0 Å². The summed E-state index contributed by atoms with van der Waals surface area (Å²) in [6.45, 7) is 0. The molecule has 0 fully saturated rings. The molecule has 4 nitrogen and oxygen atoms in total. The molecule has 0 heterocycles. The fraction of sp³-hybridized carbons (Fsp3) is 0. The summed E-state index contributed by atoms with van der Waals surface area (Å²) in [4.78, 5) is 0. The summed E-state index contributed by atoms with van der Waals surface area (Å²) in [5.41, 5.74) is 0. The number of halogens is 3. The van der Waals surface area contributed by atoms with Crippen LogP contribution in [0.5, 0.6) is 0 Å². The first-order chi connectivity index (χ1) is 2.00. The van der Waals surface area contributed by atoms with Gasteiger partial charge in [0.15, 0.2) is 0 Å². The molecule has 0 aliphatic heterocycles. The fourth-order valence-electron chi connectivity index (χ4n) is 0. The Kier molecular flexibility index (Phi) is 172. The average Bonchev–Trinajstić information content (AvgIpc) is 0.722. The minimum atomic E-state index is -4.67. The van der Waals surface area contributed by atoms with Crippen LogP contribution in [-0.2, 0) is 10.4 Å². The van der Waals surface area contributed by atoms with E-state index in [4.69, 9.17) is 17.5 Å². The van der Waals surface area contributed by atoms with Crippen molar-refractivity contribution in [3.8, 4) is 0 Å². The Labute approximate surface area is 216 Å². The van der Waals surface area contributed by atoms with Crippen LogP contribution in [0.15, 0.2) is 0 Å². The molecule has 13 heteroatoms. The Morgan fingerprint density at radius 2 is 0.769 bits per heavy atom. The van der Waals surface area contributed by atoms with Gasteiger partial charge < -0.3 is 0 Å². The molecule has 0 atom stereocenters. The van der Waals surface area contributed by atoms with Crippen molar-refractivity contribution in [1.82, 2.24) is 0 Å². The van der Waals surface area contributed by atoms with Crippen molar-refractivity contribution in [1.29, 1.82) is 0 Å². The molecule has 0 radical (unpaired) electrons. The van der Waals surface area contributed by atoms with Crippen molar-refractivity contribution >= 4 is 204 Å². The first-order valence-electron chi connectivity index (χ1n) is 0.698. The Hall–Kier alpha value is 5.91. The number of rotatable bonds is 0. The second-order valence-corrected chi connectivity index (χ2v) is 1.34. The van der Waals surface area contributed by atoms with Crippen molar-refractivity contribution in [2.75, 3.05) is 0 Å². The van der Waals surface area contributed by atoms with E-state index in [0.717, 1.165) is 0 Å². The second kappa shape index (κ2) is 36.1. The minimum absolute atomic E-state index is 0. The van der Waals surface area contributed by atoms with E-state index in [0.29, 0.717) is 0 Å². The molecule has 70 valence electrons. The molecule has 0 rings (SSSR count). The fourth-order valence-corrected chi connectivity index (χ4v) is 0. The second-order valence-electron chi connectivity index (χ2n) is 0.448. The van der Waals surface area contributed by atoms with Crippen LogP contribution in [-0.4, -0.2) is 174 Å². The van der Waals surface area contributed by atoms with Gasteiger partial charge in [0.25, 0.3) is 0 Å². The summed E-state index contributed by atoms with van der Waals surface area (Å²) in [7, 11) is -4.67. The van der Waals surface area contributed by atoms with E-state index in [1.54, 1.807) is 0 Å². The summed E-state index contributed by atoms with van der Waals surface area (Å²) < 4.78 is 31.6. The van der Waals surface area contributed by atoms with Gasteiger partial charge in [-0.3, -0.25) is 9.11 Å². The van der Waals surface area contributed by atoms with Crippen molar-refractivity contribution < 1.29 is 17.5 Å². The normalized spacial score (nSPS) is 4.46. The van der Waals surface area contributed by atoms with Gasteiger partial charge in [0.1, 0.15) is 0 Å². The molecule has 13 heavy (non-hydrogen) atoms. The van der Waals surface area contributed by atoms with E-state index in [1.165, 1.54) is 0 Å². The van der Waals surface area contributed by atoms with E-state index in [1.807, 2.05) is 0 Å². The molecular formula is H12Cl3KMg2Na2O4S. The van der Waals surface area contributed by atoms with Gasteiger partial charge in [0.05, 0.1) is 0 Å². The van der Waals surface area contributed by atoms with Crippen LogP contribution >= 0.6 is 37.2 Å². The molecular weight excluding hydrogens is 336 g/mol.